The van der Waals surface area contributed by atoms with Crippen molar-refractivity contribution in [3.8, 4) is 10.4 Å². The summed E-state index contributed by atoms with van der Waals surface area (Å²) in [5, 5.41) is 20.6. The fraction of sp³-hybridized carbons (Fsp3) is 0.300. The van der Waals surface area contributed by atoms with E-state index in [9.17, 15) is 19.1 Å². The van der Waals surface area contributed by atoms with Gasteiger partial charge in [0.25, 0.3) is 5.91 Å². The Morgan fingerprint density at radius 3 is 2.71 bits per heavy atom. The number of carboxylic acids is 1. The van der Waals surface area contributed by atoms with E-state index in [-0.39, 0.29) is 39.7 Å². The first-order valence-electron chi connectivity index (χ1n) is 14.2. The zero-order valence-corrected chi connectivity index (χ0v) is 26.0. The van der Waals surface area contributed by atoms with Crippen molar-refractivity contribution in [3.05, 3.63) is 87.4 Å². The molecule has 45 heavy (non-hydrogen) atoms. The van der Waals surface area contributed by atoms with E-state index in [1.165, 1.54) is 33.2 Å². The Hall–Kier alpha value is -4.69. The van der Waals surface area contributed by atoms with Gasteiger partial charge in [-0.3, -0.25) is 4.79 Å². The maximum atomic E-state index is 14.6. The lowest BCUT2D eigenvalue weighted by atomic mass is 9.89. The Labute approximate surface area is 264 Å². The van der Waals surface area contributed by atoms with Gasteiger partial charge >= 0.3 is 5.97 Å². The summed E-state index contributed by atoms with van der Waals surface area (Å²) in [4.78, 5) is 39.1. The quantitative estimate of drug-likeness (QED) is 0.225. The summed E-state index contributed by atoms with van der Waals surface area (Å²) < 4.78 is 19.5. The normalized spacial score (nSPS) is 13.6. The Morgan fingerprint density at radius 1 is 1.18 bits per heavy atom. The molecule has 12 nitrogen and oxygen atoms in total. The summed E-state index contributed by atoms with van der Waals surface area (Å²) in [7, 11) is 0. The number of carboxylic acid groups (broad SMARTS) is 1. The Morgan fingerprint density at radius 2 is 1.98 bits per heavy atom. The fourth-order valence-electron chi connectivity index (χ4n) is 5.27. The number of carbonyl (C=O) groups is 2. The van der Waals surface area contributed by atoms with Gasteiger partial charge in [0.1, 0.15) is 11.2 Å². The summed E-state index contributed by atoms with van der Waals surface area (Å²) >= 11 is 7.08. The number of halogens is 2. The summed E-state index contributed by atoms with van der Waals surface area (Å²) in [5.74, 6) is -1.71. The maximum Gasteiger partial charge on any atom is 0.365 e. The molecule has 0 spiro atoms. The first-order valence-corrected chi connectivity index (χ1v) is 15.4. The number of aromatic carboxylic acids is 1. The molecule has 1 aliphatic rings. The number of fused-ring (bicyclic) bond motifs is 2. The Bertz CT molecular complexity index is 2140. The maximum absolute atomic E-state index is 14.6. The Kier molecular flexibility index (Phi) is 6.93. The molecular formula is C30H27ClFN9O3S. The van der Waals surface area contributed by atoms with Crippen molar-refractivity contribution in [1.82, 2.24) is 44.1 Å². The number of thiazole rings is 1. The standard InChI is InChI=1S/C30H27ClFN9O3S/c1-30(2,3)25-24(45-28(36-25)29(43)44)18-8-16(15-4-5-15)10-40-11-17(35-26(18)40)12-41-13-21(37-38-41)27(42)33-9-20-23-22(32)19(31)6-7-39(23)14-34-20/h6-8,10-11,13-15H,4-5,9,12H2,1-3H3,(H,33,42)(H,43,44). The first-order chi connectivity index (χ1) is 21.5. The number of aromatic nitrogens is 8. The third-order valence-corrected chi connectivity index (χ3v) is 8.98. The molecule has 0 bridgehead atoms. The highest BCUT2D eigenvalue weighted by Crippen LogP contribution is 2.44. The van der Waals surface area contributed by atoms with Gasteiger partial charge < -0.3 is 19.2 Å². The molecule has 0 aliphatic heterocycles. The molecule has 1 aliphatic carbocycles. The van der Waals surface area contributed by atoms with Crippen LogP contribution in [0.3, 0.4) is 0 Å². The fourth-order valence-corrected chi connectivity index (χ4v) is 6.54. The van der Waals surface area contributed by atoms with Crippen LogP contribution in [0.2, 0.25) is 5.02 Å². The number of rotatable bonds is 8. The number of amides is 1. The van der Waals surface area contributed by atoms with Crippen molar-refractivity contribution in [1.29, 1.82) is 0 Å². The molecule has 7 rings (SSSR count). The second-order valence-electron chi connectivity index (χ2n) is 12.1. The highest BCUT2D eigenvalue weighted by atomic mass is 35.5. The van der Waals surface area contributed by atoms with Gasteiger partial charge in [-0.25, -0.2) is 28.8 Å². The summed E-state index contributed by atoms with van der Waals surface area (Å²) in [5.41, 5.74) is 4.29. The van der Waals surface area contributed by atoms with Crippen LogP contribution in [0.4, 0.5) is 4.39 Å². The van der Waals surface area contributed by atoms with Crippen molar-refractivity contribution in [2.24, 2.45) is 0 Å². The summed E-state index contributed by atoms with van der Waals surface area (Å²) in [6.45, 7) is 6.25. The monoisotopic (exact) mass is 647 g/mol. The smallest absolute Gasteiger partial charge is 0.365 e. The van der Waals surface area contributed by atoms with Gasteiger partial charge in [-0.2, -0.15) is 0 Å². The van der Waals surface area contributed by atoms with Gasteiger partial charge in [0, 0.05) is 29.6 Å². The molecule has 1 amide bonds. The van der Waals surface area contributed by atoms with E-state index in [0.29, 0.717) is 28.6 Å². The molecule has 1 fully saturated rings. The number of hydrogen-bond acceptors (Lipinski definition) is 8. The number of pyridine rings is 2. The van der Waals surface area contributed by atoms with Gasteiger partial charge in [-0.15, -0.1) is 16.4 Å². The number of nitrogens with zero attached hydrogens (tertiary/aromatic N) is 8. The average Bonchev–Trinajstić information content (AvgIpc) is 3.35. The highest BCUT2D eigenvalue weighted by molar-refractivity contribution is 7.17. The van der Waals surface area contributed by atoms with Crippen LogP contribution in [0.25, 0.3) is 21.6 Å². The minimum Gasteiger partial charge on any atom is -0.476 e. The van der Waals surface area contributed by atoms with E-state index in [4.69, 9.17) is 16.6 Å². The molecule has 1 saturated carbocycles. The van der Waals surface area contributed by atoms with E-state index >= 15 is 0 Å². The molecular weight excluding hydrogens is 621 g/mol. The third-order valence-electron chi connectivity index (χ3n) is 7.62. The largest absolute Gasteiger partial charge is 0.476 e. The van der Waals surface area contributed by atoms with Gasteiger partial charge in [0.2, 0.25) is 5.01 Å². The first kappa shape index (κ1) is 29.0. The van der Waals surface area contributed by atoms with Crippen LogP contribution in [-0.4, -0.2) is 55.7 Å². The second-order valence-corrected chi connectivity index (χ2v) is 13.5. The molecule has 230 valence electrons. The van der Waals surface area contributed by atoms with Crippen molar-refractivity contribution in [2.75, 3.05) is 0 Å². The molecule has 0 unspecified atom stereocenters. The average molecular weight is 648 g/mol. The lowest BCUT2D eigenvalue weighted by Crippen LogP contribution is -2.23. The third kappa shape index (κ3) is 5.44. The van der Waals surface area contributed by atoms with Gasteiger partial charge in [-0.1, -0.05) is 37.6 Å². The Balaban J connectivity index is 1.15. The molecule has 6 aromatic rings. The molecule has 0 atom stereocenters. The van der Waals surface area contributed by atoms with Crippen LogP contribution in [-0.2, 0) is 18.5 Å². The van der Waals surface area contributed by atoms with Crippen LogP contribution in [0.5, 0.6) is 0 Å². The zero-order chi connectivity index (χ0) is 31.6. The van der Waals surface area contributed by atoms with Crippen molar-refractivity contribution >= 4 is 46.0 Å². The molecule has 6 heterocycles. The van der Waals surface area contributed by atoms with Crippen LogP contribution >= 0.6 is 22.9 Å². The van der Waals surface area contributed by atoms with E-state index in [2.05, 4.69) is 37.9 Å². The number of carbonyl (C=O) groups excluding carboxylic acids is 1. The molecule has 0 aromatic carbocycles. The van der Waals surface area contributed by atoms with E-state index in [1.807, 2.05) is 31.4 Å². The van der Waals surface area contributed by atoms with Gasteiger partial charge in [-0.05, 0) is 36.5 Å². The van der Waals surface area contributed by atoms with Crippen molar-refractivity contribution in [2.45, 2.75) is 58.0 Å². The topological polar surface area (TPSA) is 145 Å². The molecule has 0 saturated heterocycles. The summed E-state index contributed by atoms with van der Waals surface area (Å²) in [6.07, 6.45) is 10.7. The van der Waals surface area contributed by atoms with Gasteiger partial charge in [0.15, 0.2) is 11.5 Å². The zero-order valence-electron chi connectivity index (χ0n) is 24.5. The molecule has 2 N–H and O–H groups in total. The molecule has 15 heteroatoms. The molecule has 0 radical (unpaired) electrons. The molecule has 6 aromatic heterocycles. The SMILES string of the molecule is CC(C)(C)c1nc(C(=O)O)sc1-c1cc(C2CC2)cn2cc(Cn3cc(C(=O)NCc4ncn5ccc(Cl)c(F)c45)nn3)nc12. The second kappa shape index (κ2) is 10.7. The number of imidazole rings is 2. The highest BCUT2D eigenvalue weighted by Gasteiger charge is 2.30. The van der Waals surface area contributed by atoms with Crippen LogP contribution in [0.1, 0.15) is 82.5 Å². The van der Waals surface area contributed by atoms with Crippen LogP contribution in [0.15, 0.2) is 43.2 Å². The minimum atomic E-state index is -1.06. The minimum absolute atomic E-state index is 0.0320. The van der Waals surface area contributed by atoms with E-state index in [1.54, 1.807) is 6.20 Å². The van der Waals surface area contributed by atoms with Gasteiger partial charge in [0.05, 0.1) is 52.6 Å². The number of hydrogen-bond donors (Lipinski definition) is 2. The lowest BCUT2D eigenvalue weighted by Gasteiger charge is -2.18. The number of nitrogens with one attached hydrogen (secondary N) is 1. The van der Waals surface area contributed by atoms with Crippen molar-refractivity contribution < 1.29 is 19.1 Å². The summed E-state index contributed by atoms with van der Waals surface area (Å²) in [6, 6.07) is 3.54. The lowest BCUT2D eigenvalue weighted by molar-refractivity contribution is 0.0695. The van der Waals surface area contributed by atoms with E-state index < -0.39 is 17.7 Å². The predicted octanol–water partition coefficient (Wildman–Crippen LogP) is 5.34. The van der Waals surface area contributed by atoms with Crippen LogP contribution < -0.4 is 5.32 Å². The van der Waals surface area contributed by atoms with Crippen molar-refractivity contribution in [3.63, 3.8) is 0 Å². The van der Waals surface area contributed by atoms with Crippen LogP contribution in [0, 0.1) is 5.82 Å². The van der Waals surface area contributed by atoms with E-state index in [0.717, 1.165) is 34.6 Å². The predicted molar refractivity (Wildman–Crippen MR) is 164 cm³/mol.